The molecule has 1 aliphatic rings. The van der Waals surface area contributed by atoms with Crippen LogP contribution in [-0.4, -0.2) is 45.5 Å². The number of rotatable bonds is 6. The summed E-state index contributed by atoms with van der Waals surface area (Å²) in [6.45, 7) is 1.53. The number of likely N-dealkylation sites (tertiary alicyclic amines) is 1. The van der Waals surface area contributed by atoms with E-state index in [1.54, 1.807) is 25.6 Å². The van der Waals surface area contributed by atoms with Gasteiger partial charge in [0.25, 0.3) is 0 Å². The van der Waals surface area contributed by atoms with E-state index >= 15 is 0 Å². The third-order valence-electron chi connectivity index (χ3n) is 4.70. The molecule has 1 amide bonds. The fraction of sp³-hybridized carbons (Fsp3) is 0.300. The zero-order valence-corrected chi connectivity index (χ0v) is 16.4. The average molecular weight is 395 g/mol. The predicted octanol–water partition coefficient (Wildman–Crippen LogP) is 3.21. The average Bonchev–Trinajstić information content (AvgIpc) is 3.39. The largest absolute Gasteiger partial charge is 0.497 e. The number of carbonyl (C=O) groups excluding carboxylic acids is 1. The molecule has 1 aliphatic heterocycles. The molecular weight excluding hydrogens is 374 g/mol. The third-order valence-corrected chi connectivity index (χ3v) is 5.58. The smallest absolute Gasteiger partial charge is 0.241 e. The molecule has 1 saturated heterocycles. The number of thiazole rings is 1. The maximum atomic E-state index is 12.8. The van der Waals surface area contributed by atoms with Gasteiger partial charge in [0.05, 0.1) is 18.8 Å². The minimum Gasteiger partial charge on any atom is -0.497 e. The van der Waals surface area contributed by atoms with Gasteiger partial charge in [-0.05, 0) is 49.7 Å². The molecular formula is C20H21N5O2S. The van der Waals surface area contributed by atoms with Crippen molar-refractivity contribution in [2.75, 3.05) is 19.0 Å². The van der Waals surface area contributed by atoms with Crippen molar-refractivity contribution < 1.29 is 9.53 Å². The molecule has 1 atom stereocenters. The molecule has 0 unspecified atom stereocenters. The van der Waals surface area contributed by atoms with Crippen molar-refractivity contribution in [3.05, 3.63) is 53.8 Å². The molecule has 0 saturated carbocycles. The molecule has 0 radical (unpaired) electrons. The van der Waals surface area contributed by atoms with E-state index in [0.717, 1.165) is 41.5 Å². The first-order valence-corrected chi connectivity index (χ1v) is 10.0. The van der Waals surface area contributed by atoms with Gasteiger partial charge in [0, 0.05) is 30.0 Å². The molecule has 3 heterocycles. The maximum absolute atomic E-state index is 12.8. The van der Waals surface area contributed by atoms with Crippen LogP contribution in [0.4, 0.5) is 5.69 Å². The van der Waals surface area contributed by atoms with Crippen molar-refractivity contribution in [3.63, 3.8) is 0 Å². The normalized spacial score (nSPS) is 16.8. The number of aromatic nitrogens is 3. The number of hydrogen-bond acceptors (Lipinski definition) is 7. The molecule has 2 aromatic heterocycles. The molecule has 0 spiro atoms. The first kappa shape index (κ1) is 18.5. The number of hydrogen-bond donors (Lipinski definition) is 1. The Bertz CT molecular complexity index is 929. The molecule has 144 valence electrons. The molecule has 7 nitrogen and oxygen atoms in total. The lowest BCUT2D eigenvalue weighted by atomic mass is 10.2. The Labute approximate surface area is 167 Å². The Morgan fingerprint density at radius 1 is 1.29 bits per heavy atom. The summed E-state index contributed by atoms with van der Waals surface area (Å²) in [7, 11) is 1.62. The van der Waals surface area contributed by atoms with Gasteiger partial charge in [-0.1, -0.05) is 0 Å². The summed E-state index contributed by atoms with van der Waals surface area (Å²) >= 11 is 1.53. The standard InChI is InChI=1S/C20H21N5O2S/c1-27-16-7-5-14(6-8-16)23-19(26)17-4-2-11-25(17)12-15-13-28-20(24-15)18-21-9-3-10-22-18/h3,5-10,13,17H,2,4,11-12H2,1H3,(H,23,26)/t17-/m0/s1. The van der Waals surface area contributed by atoms with Crippen molar-refractivity contribution in [2.24, 2.45) is 0 Å². The Balaban J connectivity index is 1.40. The fourth-order valence-corrected chi connectivity index (χ4v) is 4.07. The SMILES string of the molecule is COc1ccc(NC(=O)[C@@H]2CCCN2Cc2csc(-c3ncccn3)n2)cc1. The summed E-state index contributed by atoms with van der Waals surface area (Å²) in [6.07, 6.45) is 5.27. The van der Waals surface area contributed by atoms with E-state index in [2.05, 4.69) is 25.2 Å². The van der Waals surface area contributed by atoms with Gasteiger partial charge in [-0.15, -0.1) is 11.3 Å². The summed E-state index contributed by atoms with van der Waals surface area (Å²) in [5.41, 5.74) is 1.71. The molecule has 0 bridgehead atoms. The number of carbonyl (C=O) groups is 1. The monoisotopic (exact) mass is 395 g/mol. The number of ether oxygens (including phenoxy) is 1. The van der Waals surface area contributed by atoms with E-state index in [1.165, 1.54) is 11.3 Å². The molecule has 1 fully saturated rings. The second kappa shape index (κ2) is 8.45. The molecule has 1 aromatic carbocycles. The van der Waals surface area contributed by atoms with Crippen LogP contribution in [0.25, 0.3) is 10.8 Å². The van der Waals surface area contributed by atoms with Crippen LogP contribution in [0.5, 0.6) is 5.75 Å². The molecule has 8 heteroatoms. The van der Waals surface area contributed by atoms with Crippen molar-refractivity contribution in [3.8, 4) is 16.6 Å². The van der Waals surface area contributed by atoms with Gasteiger partial charge in [-0.3, -0.25) is 9.69 Å². The van der Waals surface area contributed by atoms with E-state index in [0.29, 0.717) is 12.4 Å². The Morgan fingerprint density at radius 3 is 2.82 bits per heavy atom. The zero-order valence-electron chi connectivity index (χ0n) is 15.5. The first-order valence-electron chi connectivity index (χ1n) is 9.13. The summed E-state index contributed by atoms with van der Waals surface area (Å²) in [5.74, 6) is 1.42. The second-order valence-electron chi connectivity index (χ2n) is 6.56. The van der Waals surface area contributed by atoms with Crippen LogP contribution < -0.4 is 10.1 Å². The topological polar surface area (TPSA) is 80.2 Å². The number of methoxy groups -OCH3 is 1. The minimum absolute atomic E-state index is 0.0181. The van der Waals surface area contributed by atoms with Crippen molar-refractivity contribution in [1.29, 1.82) is 0 Å². The van der Waals surface area contributed by atoms with E-state index in [4.69, 9.17) is 4.74 Å². The van der Waals surface area contributed by atoms with Crippen LogP contribution in [-0.2, 0) is 11.3 Å². The number of amides is 1. The van der Waals surface area contributed by atoms with Crippen molar-refractivity contribution in [2.45, 2.75) is 25.4 Å². The number of benzene rings is 1. The summed E-state index contributed by atoms with van der Waals surface area (Å²) in [4.78, 5) is 28.1. The van der Waals surface area contributed by atoms with Crippen LogP contribution in [0, 0.1) is 0 Å². The molecule has 28 heavy (non-hydrogen) atoms. The lowest BCUT2D eigenvalue weighted by molar-refractivity contribution is -0.120. The first-order chi connectivity index (χ1) is 13.7. The van der Waals surface area contributed by atoms with Gasteiger partial charge in [0.1, 0.15) is 5.75 Å². The highest BCUT2D eigenvalue weighted by Crippen LogP contribution is 2.25. The number of nitrogens with zero attached hydrogens (tertiary/aromatic N) is 4. The summed E-state index contributed by atoms with van der Waals surface area (Å²) < 4.78 is 5.16. The Morgan fingerprint density at radius 2 is 2.07 bits per heavy atom. The van der Waals surface area contributed by atoms with Crippen LogP contribution in [0.1, 0.15) is 18.5 Å². The van der Waals surface area contributed by atoms with E-state index in [9.17, 15) is 4.79 Å². The highest BCUT2D eigenvalue weighted by molar-refractivity contribution is 7.13. The quantitative estimate of drug-likeness (QED) is 0.690. The number of nitrogens with one attached hydrogen (secondary N) is 1. The van der Waals surface area contributed by atoms with Crippen LogP contribution in [0.2, 0.25) is 0 Å². The highest BCUT2D eigenvalue weighted by atomic mass is 32.1. The lowest BCUT2D eigenvalue weighted by Gasteiger charge is -2.22. The van der Waals surface area contributed by atoms with Crippen LogP contribution >= 0.6 is 11.3 Å². The molecule has 1 N–H and O–H groups in total. The third kappa shape index (κ3) is 4.18. The van der Waals surface area contributed by atoms with Gasteiger partial charge < -0.3 is 10.1 Å². The van der Waals surface area contributed by atoms with E-state index < -0.39 is 0 Å². The van der Waals surface area contributed by atoms with Gasteiger partial charge in [0.15, 0.2) is 10.8 Å². The minimum atomic E-state index is -0.153. The molecule has 3 aromatic rings. The van der Waals surface area contributed by atoms with Crippen LogP contribution in [0.15, 0.2) is 48.1 Å². The van der Waals surface area contributed by atoms with Crippen LogP contribution in [0.3, 0.4) is 0 Å². The Hall–Kier alpha value is -2.84. The van der Waals surface area contributed by atoms with Crippen molar-refractivity contribution in [1.82, 2.24) is 19.9 Å². The zero-order chi connectivity index (χ0) is 19.3. The van der Waals surface area contributed by atoms with Crippen molar-refractivity contribution >= 4 is 22.9 Å². The second-order valence-corrected chi connectivity index (χ2v) is 7.42. The van der Waals surface area contributed by atoms with Gasteiger partial charge >= 0.3 is 0 Å². The van der Waals surface area contributed by atoms with E-state index in [1.807, 2.05) is 29.6 Å². The summed E-state index contributed by atoms with van der Waals surface area (Å²) in [6, 6.07) is 9.01. The maximum Gasteiger partial charge on any atom is 0.241 e. The van der Waals surface area contributed by atoms with Gasteiger partial charge in [-0.25, -0.2) is 15.0 Å². The summed E-state index contributed by atoms with van der Waals surface area (Å²) in [5, 5.41) is 5.82. The Kier molecular flexibility index (Phi) is 5.59. The fourth-order valence-electron chi connectivity index (χ4n) is 3.31. The van der Waals surface area contributed by atoms with Gasteiger partial charge in [-0.2, -0.15) is 0 Å². The van der Waals surface area contributed by atoms with Gasteiger partial charge in [0.2, 0.25) is 5.91 Å². The predicted molar refractivity (Wildman–Crippen MR) is 108 cm³/mol. The molecule has 0 aliphatic carbocycles. The van der Waals surface area contributed by atoms with E-state index in [-0.39, 0.29) is 11.9 Å². The highest BCUT2D eigenvalue weighted by Gasteiger charge is 2.31. The lowest BCUT2D eigenvalue weighted by Crippen LogP contribution is -2.39. The molecule has 4 rings (SSSR count). The number of anilines is 1.